The Morgan fingerprint density at radius 3 is 2.30 bits per heavy atom. The fourth-order valence-electron chi connectivity index (χ4n) is 2.80. The van der Waals surface area contributed by atoms with E-state index < -0.39 is 29.0 Å². The number of aromatic nitrogens is 2. The topological polar surface area (TPSA) is 40.7 Å². The molecule has 1 aliphatic rings. The summed E-state index contributed by atoms with van der Waals surface area (Å²) in [6, 6.07) is 0.490. The van der Waals surface area contributed by atoms with Crippen molar-refractivity contribution in [2.45, 2.75) is 31.7 Å². The number of H-pyrrole nitrogens is 1. The zero-order valence-electron chi connectivity index (χ0n) is 11.9. The van der Waals surface area contributed by atoms with Crippen LogP contribution in [0.15, 0.2) is 12.1 Å². The summed E-state index contributed by atoms with van der Waals surface area (Å²) in [5.41, 5.74) is -3.47. The predicted octanol–water partition coefficient (Wildman–Crippen LogP) is 4.27. The summed E-state index contributed by atoms with van der Waals surface area (Å²) in [4.78, 5) is 6.52. The van der Waals surface area contributed by atoms with E-state index in [2.05, 4.69) is 15.3 Å². The number of fused-ring (bicyclic) bond motifs is 1. The van der Waals surface area contributed by atoms with E-state index in [9.17, 15) is 26.3 Å². The molecule has 9 heteroatoms. The van der Waals surface area contributed by atoms with Gasteiger partial charge in [-0.25, -0.2) is 4.98 Å². The minimum atomic E-state index is -4.91. The monoisotopic (exact) mass is 337 g/mol. The number of hydrogen-bond donors (Lipinski definition) is 2. The summed E-state index contributed by atoms with van der Waals surface area (Å²) in [5, 5.41) is 3.09. The first-order chi connectivity index (χ1) is 10.6. The van der Waals surface area contributed by atoms with E-state index in [-0.39, 0.29) is 23.4 Å². The number of nitrogens with zero attached hydrogens (tertiary/aromatic N) is 1. The number of halogens is 6. The van der Waals surface area contributed by atoms with Crippen molar-refractivity contribution in [2.75, 3.05) is 6.54 Å². The van der Waals surface area contributed by atoms with Crippen LogP contribution in [0.3, 0.4) is 0 Å². The smallest absolute Gasteiger partial charge is 0.341 e. The van der Waals surface area contributed by atoms with Crippen LogP contribution in [0.2, 0.25) is 0 Å². The van der Waals surface area contributed by atoms with Gasteiger partial charge in [-0.05, 0) is 31.0 Å². The summed E-state index contributed by atoms with van der Waals surface area (Å²) < 4.78 is 77.8. The molecule has 2 aromatic rings. The summed E-state index contributed by atoms with van der Waals surface area (Å²) in [5.74, 6) is 0.551. The molecule has 1 unspecified atom stereocenters. The van der Waals surface area contributed by atoms with Crippen molar-refractivity contribution < 1.29 is 26.3 Å². The van der Waals surface area contributed by atoms with Gasteiger partial charge in [0.1, 0.15) is 11.3 Å². The third-order valence-electron chi connectivity index (χ3n) is 3.92. The van der Waals surface area contributed by atoms with Gasteiger partial charge in [-0.3, -0.25) is 0 Å². The Morgan fingerprint density at radius 2 is 1.78 bits per heavy atom. The second-order valence-corrected chi connectivity index (χ2v) is 5.84. The number of hydrogen-bond acceptors (Lipinski definition) is 2. The Kier molecular flexibility index (Phi) is 3.58. The minimum absolute atomic E-state index is 0.109. The summed E-state index contributed by atoms with van der Waals surface area (Å²) in [6.45, 7) is 2.65. The van der Waals surface area contributed by atoms with Crippen molar-refractivity contribution in [1.82, 2.24) is 15.3 Å². The van der Waals surface area contributed by atoms with Gasteiger partial charge in [0, 0.05) is 0 Å². The highest BCUT2D eigenvalue weighted by Crippen LogP contribution is 2.40. The predicted molar refractivity (Wildman–Crippen MR) is 70.6 cm³/mol. The molecule has 0 aliphatic carbocycles. The van der Waals surface area contributed by atoms with E-state index in [1.165, 1.54) is 0 Å². The lowest BCUT2D eigenvalue weighted by Gasteiger charge is -2.11. The Hall–Kier alpha value is -1.77. The summed E-state index contributed by atoms with van der Waals surface area (Å²) >= 11 is 0. The van der Waals surface area contributed by atoms with Gasteiger partial charge in [0.15, 0.2) is 0 Å². The number of imidazole rings is 1. The molecule has 0 bridgehead atoms. The average Bonchev–Trinajstić information content (AvgIpc) is 3.00. The molecular weight excluding hydrogens is 324 g/mol. The van der Waals surface area contributed by atoms with Crippen molar-refractivity contribution in [3.05, 3.63) is 29.1 Å². The molecule has 2 atom stereocenters. The average molecular weight is 337 g/mol. The molecular formula is C14H13F6N3. The standard InChI is InChI=1S/C14H13F6N3/c1-6-2-10(21-5-6)12-22-9-4-7(13(15,16)17)3-8(11(9)23-12)14(18,19)20/h3-4,6,10,21H,2,5H2,1H3,(H,22,23)/t6-,10?/m1/s1. The van der Waals surface area contributed by atoms with Gasteiger partial charge in [0.05, 0.1) is 22.7 Å². The van der Waals surface area contributed by atoms with Crippen molar-refractivity contribution >= 4 is 11.0 Å². The molecule has 2 heterocycles. The van der Waals surface area contributed by atoms with Crippen molar-refractivity contribution in [3.63, 3.8) is 0 Å². The van der Waals surface area contributed by atoms with Crippen LogP contribution in [-0.4, -0.2) is 16.5 Å². The lowest BCUT2D eigenvalue weighted by atomic mass is 10.1. The van der Waals surface area contributed by atoms with Crippen LogP contribution in [0.5, 0.6) is 0 Å². The number of alkyl halides is 6. The Balaban J connectivity index is 2.16. The summed E-state index contributed by atoms with van der Waals surface area (Å²) in [7, 11) is 0. The third-order valence-corrected chi connectivity index (χ3v) is 3.92. The van der Waals surface area contributed by atoms with Gasteiger partial charge >= 0.3 is 12.4 Å². The van der Waals surface area contributed by atoms with Gasteiger partial charge < -0.3 is 10.3 Å². The number of benzene rings is 1. The van der Waals surface area contributed by atoms with E-state index in [1.54, 1.807) is 0 Å². The van der Waals surface area contributed by atoms with Crippen LogP contribution in [0, 0.1) is 5.92 Å². The quantitative estimate of drug-likeness (QED) is 0.763. The SMILES string of the molecule is C[C@H]1CNC(c2nc3c(C(F)(F)F)cc(C(F)(F)F)cc3[nH]2)C1. The van der Waals surface area contributed by atoms with E-state index in [0.29, 0.717) is 24.9 Å². The van der Waals surface area contributed by atoms with Crippen molar-refractivity contribution in [3.8, 4) is 0 Å². The fourth-order valence-corrected chi connectivity index (χ4v) is 2.80. The largest absolute Gasteiger partial charge is 0.418 e. The van der Waals surface area contributed by atoms with E-state index >= 15 is 0 Å². The molecule has 0 spiro atoms. The van der Waals surface area contributed by atoms with Crippen molar-refractivity contribution in [2.24, 2.45) is 5.92 Å². The van der Waals surface area contributed by atoms with Gasteiger partial charge in [0.25, 0.3) is 0 Å². The van der Waals surface area contributed by atoms with Crippen LogP contribution in [0.1, 0.15) is 36.3 Å². The molecule has 126 valence electrons. The highest BCUT2D eigenvalue weighted by Gasteiger charge is 2.39. The molecule has 0 amide bonds. The maximum atomic E-state index is 13.1. The van der Waals surface area contributed by atoms with E-state index in [4.69, 9.17) is 0 Å². The highest BCUT2D eigenvalue weighted by atomic mass is 19.4. The van der Waals surface area contributed by atoms with Crippen LogP contribution in [0.25, 0.3) is 11.0 Å². The van der Waals surface area contributed by atoms with Gasteiger partial charge in [-0.15, -0.1) is 0 Å². The highest BCUT2D eigenvalue weighted by molar-refractivity contribution is 5.80. The van der Waals surface area contributed by atoms with Gasteiger partial charge in [0.2, 0.25) is 0 Å². The van der Waals surface area contributed by atoms with Crippen LogP contribution < -0.4 is 5.32 Å². The second kappa shape index (κ2) is 5.12. The molecule has 1 aromatic heterocycles. The number of rotatable bonds is 1. The van der Waals surface area contributed by atoms with Crippen LogP contribution >= 0.6 is 0 Å². The second-order valence-electron chi connectivity index (χ2n) is 5.84. The molecule has 1 fully saturated rings. The zero-order chi connectivity index (χ0) is 17.0. The first-order valence-electron chi connectivity index (χ1n) is 6.97. The minimum Gasteiger partial charge on any atom is -0.341 e. The Bertz CT molecular complexity index is 730. The van der Waals surface area contributed by atoms with Crippen LogP contribution in [-0.2, 0) is 12.4 Å². The van der Waals surface area contributed by atoms with Gasteiger partial charge in [-0.2, -0.15) is 26.3 Å². The molecule has 1 aromatic carbocycles. The molecule has 2 N–H and O–H groups in total. The molecule has 3 rings (SSSR count). The molecule has 3 nitrogen and oxygen atoms in total. The lowest BCUT2D eigenvalue weighted by molar-refractivity contribution is -0.142. The first-order valence-corrected chi connectivity index (χ1v) is 6.97. The summed E-state index contributed by atoms with van der Waals surface area (Å²) in [6.07, 6.45) is -9.12. The maximum absolute atomic E-state index is 13.1. The molecule has 0 saturated carbocycles. The Morgan fingerprint density at radius 1 is 1.09 bits per heavy atom. The molecule has 1 aliphatic heterocycles. The normalized spacial score (nSPS) is 22.9. The molecule has 23 heavy (non-hydrogen) atoms. The third kappa shape index (κ3) is 3.01. The first kappa shape index (κ1) is 16.1. The molecule has 1 saturated heterocycles. The number of aromatic amines is 1. The van der Waals surface area contributed by atoms with Crippen LogP contribution in [0.4, 0.5) is 26.3 Å². The van der Waals surface area contributed by atoms with E-state index in [0.717, 1.165) is 0 Å². The fraction of sp³-hybridized carbons (Fsp3) is 0.500. The van der Waals surface area contributed by atoms with Gasteiger partial charge in [-0.1, -0.05) is 6.92 Å². The van der Waals surface area contributed by atoms with Crippen molar-refractivity contribution in [1.29, 1.82) is 0 Å². The van der Waals surface area contributed by atoms with E-state index in [1.807, 2.05) is 6.92 Å². The zero-order valence-corrected chi connectivity index (χ0v) is 11.9. The lowest BCUT2D eigenvalue weighted by Crippen LogP contribution is -2.14. The Labute approximate surface area is 127 Å². The number of nitrogens with one attached hydrogen (secondary N) is 2. The maximum Gasteiger partial charge on any atom is 0.418 e. The molecule has 0 radical (unpaired) electrons.